The molecular formula is C34H52N2O4. The number of unbranched alkanes of at least 4 members (excludes halogenated alkanes) is 5. The fraction of sp³-hybridized carbons (Fsp3) is 0.588. The summed E-state index contributed by atoms with van der Waals surface area (Å²) < 4.78 is 11.3. The van der Waals surface area contributed by atoms with E-state index in [1.807, 2.05) is 24.3 Å². The molecule has 0 fully saturated rings. The Morgan fingerprint density at radius 1 is 0.575 bits per heavy atom. The SMILES string of the molecule is CCC(C)(C)c1ccc(OCC(=O)NCCCCCCCCNC(=O)COc2ccc(C(C)(C)CC)cc2)cc1. The van der Waals surface area contributed by atoms with Crippen LogP contribution in [0.4, 0.5) is 0 Å². The predicted octanol–water partition coefficient (Wildman–Crippen LogP) is 7.09. The predicted molar refractivity (Wildman–Crippen MR) is 164 cm³/mol. The zero-order chi connectivity index (χ0) is 29.4. The highest BCUT2D eigenvalue weighted by Gasteiger charge is 2.18. The molecule has 0 aliphatic rings. The van der Waals surface area contributed by atoms with Crippen LogP contribution in [0.5, 0.6) is 11.5 Å². The summed E-state index contributed by atoms with van der Waals surface area (Å²) in [5.74, 6) is 1.26. The minimum Gasteiger partial charge on any atom is -0.484 e. The quantitative estimate of drug-likeness (QED) is 0.182. The summed E-state index contributed by atoms with van der Waals surface area (Å²) in [6, 6.07) is 16.1. The fourth-order valence-corrected chi connectivity index (χ4v) is 4.23. The fourth-order valence-electron chi connectivity index (χ4n) is 4.23. The van der Waals surface area contributed by atoms with Gasteiger partial charge in [-0.2, -0.15) is 0 Å². The molecule has 0 atom stereocenters. The van der Waals surface area contributed by atoms with Crippen LogP contribution in [-0.2, 0) is 20.4 Å². The molecule has 222 valence electrons. The highest BCUT2D eigenvalue weighted by molar-refractivity contribution is 5.77. The molecule has 0 aliphatic heterocycles. The van der Waals surface area contributed by atoms with Crippen molar-refractivity contribution in [2.75, 3.05) is 26.3 Å². The Labute approximate surface area is 242 Å². The largest absolute Gasteiger partial charge is 0.484 e. The standard InChI is InChI=1S/C34H52N2O4/c1-7-33(3,4)27-15-19-29(20-16-27)39-25-31(37)35-23-13-11-9-10-12-14-24-36-32(38)26-40-30-21-17-28(18-22-30)34(5,6)8-2/h15-22H,7-14,23-26H2,1-6H3,(H,35,37)(H,36,38). The van der Waals surface area contributed by atoms with E-state index >= 15 is 0 Å². The molecule has 0 heterocycles. The average molecular weight is 553 g/mol. The number of carbonyl (C=O) groups is 2. The van der Waals surface area contributed by atoms with E-state index in [9.17, 15) is 9.59 Å². The van der Waals surface area contributed by atoms with Crippen molar-refractivity contribution in [2.24, 2.45) is 0 Å². The first-order valence-corrected chi connectivity index (χ1v) is 15.1. The van der Waals surface area contributed by atoms with Gasteiger partial charge in [0.2, 0.25) is 0 Å². The molecular weight excluding hydrogens is 500 g/mol. The first-order chi connectivity index (χ1) is 19.1. The number of amides is 2. The molecule has 40 heavy (non-hydrogen) atoms. The summed E-state index contributed by atoms with van der Waals surface area (Å²) in [6.07, 6.45) is 8.43. The number of nitrogens with one attached hydrogen (secondary N) is 2. The molecule has 0 saturated carbocycles. The van der Waals surface area contributed by atoms with E-state index in [-0.39, 0.29) is 35.9 Å². The minimum absolute atomic E-state index is 0.0386. The zero-order valence-electron chi connectivity index (χ0n) is 25.7. The van der Waals surface area contributed by atoms with Gasteiger partial charge in [0.15, 0.2) is 13.2 Å². The Morgan fingerprint density at radius 3 is 1.23 bits per heavy atom. The van der Waals surface area contributed by atoms with E-state index in [2.05, 4.69) is 76.4 Å². The summed E-state index contributed by atoms with van der Waals surface area (Å²) in [5, 5.41) is 5.87. The summed E-state index contributed by atoms with van der Waals surface area (Å²) >= 11 is 0. The summed E-state index contributed by atoms with van der Waals surface area (Å²) in [7, 11) is 0. The molecule has 0 aromatic heterocycles. The topological polar surface area (TPSA) is 76.7 Å². The minimum atomic E-state index is -0.0878. The van der Waals surface area contributed by atoms with Crippen molar-refractivity contribution >= 4 is 11.8 Å². The van der Waals surface area contributed by atoms with Crippen LogP contribution < -0.4 is 20.1 Å². The smallest absolute Gasteiger partial charge is 0.257 e. The Balaban J connectivity index is 1.44. The van der Waals surface area contributed by atoms with Gasteiger partial charge >= 0.3 is 0 Å². The highest BCUT2D eigenvalue weighted by Crippen LogP contribution is 2.29. The second-order valence-electron chi connectivity index (χ2n) is 11.9. The van der Waals surface area contributed by atoms with Crippen molar-refractivity contribution in [2.45, 2.75) is 104 Å². The van der Waals surface area contributed by atoms with Gasteiger partial charge in [0.25, 0.3) is 11.8 Å². The van der Waals surface area contributed by atoms with Crippen molar-refractivity contribution in [3.05, 3.63) is 59.7 Å². The van der Waals surface area contributed by atoms with Crippen molar-refractivity contribution in [1.29, 1.82) is 0 Å². The summed E-state index contributed by atoms with van der Waals surface area (Å²) in [5.41, 5.74) is 2.83. The zero-order valence-corrected chi connectivity index (χ0v) is 25.7. The molecule has 0 radical (unpaired) electrons. The maximum Gasteiger partial charge on any atom is 0.257 e. The third kappa shape index (κ3) is 12.0. The van der Waals surface area contributed by atoms with Crippen LogP contribution in [0.2, 0.25) is 0 Å². The van der Waals surface area contributed by atoms with E-state index in [4.69, 9.17) is 9.47 Å². The molecule has 2 rings (SSSR count). The van der Waals surface area contributed by atoms with Crippen molar-refractivity contribution in [1.82, 2.24) is 10.6 Å². The maximum absolute atomic E-state index is 12.1. The number of rotatable bonds is 19. The van der Waals surface area contributed by atoms with E-state index in [0.717, 1.165) is 62.9 Å². The van der Waals surface area contributed by atoms with Crippen LogP contribution in [0.1, 0.15) is 104 Å². The first-order valence-electron chi connectivity index (χ1n) is 15.1. The lowest BCUT2D eigenvalue weighted by molar-refractivity contribution is -0.123. The second-order valence-corrected chi connectivity index (χ2v) is 11.9. The van der Waals surface area contributed by atoms with Gasteiger partial charge in [-0.05, 0) is 71.9 Å². The molecule has 0 saturated heterocycles. The van der Waals surface area contributed by atoms with Gasteiger partial charge < -0.3 is 20.1 Å². The van der Waals surface area contributed by atoms with Crippen LogP contribution in [0.25, 0.3) is 0 Å². The van der Waals surface area contributed by atoms with Crippen LogP contribution >= 0.6 is 0 Å². The van der Waals surface area contributed by atoms with E-state index in [0.29, 0.717) is 13.1 Å². The number of hydrogen-bond donors (Lipinski definition) is 2. The molecule has 2 aromatic rings. The average Bonchev–Trinajstić information content (AvgIpc) is 2.96. The van der Waals surface area contributed by atoms with Gasteiger partial charge in [0.1, 0.15) is 11.5 Å². The van der Waals surface area contributed by atoms with E-state index < -0.39 is 0 Å². The maximum atomic E-state index is 12.1. The molecule has 0 unspecified atom stereocenters. The van der Waals surface area contributed by atoms with Crippen molar-refractivity contribution in [3.63, 3.8) is 0 Å². The van der Waals surface area contributed by atoms with Crippen molar-refractivity contribution in [3.8, 4) is 11.5 Å². The highest BCUT2D eigenvalue weighted by atomic mass is 16.5. The molecule has 2 aromatic carbocycles. The number of hydrogen-bond acceptors (Lipinski definition) is 4. The molecule has 2 amide bonds. The number of ether oxygens (including phenoxy) is 2. The van der Waals surface area contributed by atoms with Crippen LogP contribution in [0.15, 0.2) is 48.5 Å². The molecule has 0 spiro atoms. The monoisotopic (exact) mass is 552 g/mol. The van der Waals surface area contributed by atoms with E-state index in [1.165, 1.54) is 11.1 Å². The normalized spacial score (nSPS) is 11.7. The summed E-state index contributed by atoms with van der Waals surface area (Å²) in [6.45, 7) is 14.7. The lowest BCUT2D eigenvalue weighted by Crippen LogP contribution is -2.29. The summed E-state index contributed by atoms with van der Waals surface area (Å²) in [4.78, 5) is 24.1. The third-order valence-electron chi connectivity index (χ3n) is 8.03. The van der Waals surface area contributed by atoms with E-state index in [1.54, 1.807) is 0 Å². The lowest BCUT2D eigenvalue weighted by Gasteiger charge is -2.23. The Morgan fingerprint density at radius 2 is 0.900 bits per heavy atom. The van der Waals surface area contributed by atoms with Gasteiger partial charge in [-0.1, -0.05) is 91.5 Å². The van der Waals surface area contributed by atoms with Crippen LogP contribution in [-0.4, -0.2) is 38.1 Å². The van der Waals surface area contributed by atoms with Gasteiger partial charge in [-0.25, -0.2) is 0 Å². The van der Waals surface area contributed by atoms with Crippen molar-refractivity contribution < 1.29 is 19.1 Å². The molecule has 0 aliphatic carbocycles. The molecule has 6 nitrogen and oxygen atoms in total. The van der Waals surface area contributed by atoms with Crippen LogP contribution in [0.3, 0.4) is 0 Å². The van der Waals surface area contributed by atoms with Gasteiger partial charge in [-0.15, -0.1) is 0 Å². The number of carbonyl (C=O) groups excluding carboxylic acids is 2. The molecule has 6 heteroatoms. The van der Waals surface area contributed by atoms with Gasteiger partial charge in [0.05, 0.1) is 0 Å². The Bertz CT molecular complexity index is 930. The van der Waals surface area contributed by atoms with Crippen LogP contribution in [0, 0.1) is 0 Å². The first kappa shape index (κ1) is 33.2. The Kier molecular flexibility index (Phi) is 14.1. The lowest BCUT2D eigenvalue weighted by atomic mass is 9.82. The second kappa shape index (κ2) is 16.9. The van der Waals surface area contributed by atoms with Gasteiger partial charge in [-0.3, -0.25) is 9.59 Å². The molecule has 2 N–H and O–H groups in total. The van der Waals surface area contributed by atoms with Gasteiger partial charge in [0, 0.05) is 13.1 Å². The number of benzene rings is 2. The third-order valence-corrected chi connectivity index (χ3v) is 8.03. The molecule has 0 bridgehead atoms. The Hall–Kier alpha value is -3.02.